The van der Waals surface area contributed by atoms with Crippen LogP contribution in [0.2, 0.25) is 0 Å². The van der Waals surface area contributed by atoms with Gasteiger partial charge in [0.25, 0.3) is 0 Å². The van der Waals surface area contributed by atoms with Gasteiger partial charge in [0.1, 0.15) is 11.7 Å². The number of benzene rings is 1. The lowest BCUT2D eigenvalue weighted by Gasteiger charge is -2.19. The molecule has 0 saturated heterocycles. The van der Waals surface area contributed by atoms with Crippen molar-refractivity contribution in [2.45, 2.75) is 6.10 Å². The molecule has 0 amide bonds. The quantitative estimate of drug-likeness (QED) is 0.629. The van der Waals surface area contributed by atoms with Gasteiger partial charge in [-0.15, -0.1) is 0 Å². The van der Waals surface area contributed by atoms with Gasteiger partial charge < -0.3 is 14.6 Å². The zero-order valence-corrected chi connectivity index (χ0v) is 11.1. The van der Waals surface area contributed by atoms with E-state index in [1.807, 2.05) is 30.3 Å². The second-order valence-electron chi connectivity index (χ2n) is 3.93. The summed E-state index contributed by atoms with van der Waals surface area (Å²) in [5, 5.41) is 10.0. The Morgan fingerprint density at radius 2 is 1.89 bits per heavy atom. The third-order valence-corrected chi connectivity index (χ3v) is 2.69. The van der Waals surface area contributed by atoms with Crippen LogP contribution >= 0.6 is 0 Å². The fourth-order valence-corrected chi connectivity index (χ4v) is 1.60. The topological polar surface area (TPSA) is 55.8 Å². The van der Waals surface area contributed by atoms with Gasteiger partial charge in [0.2, 0.25) is 0 Å². The first-order chi connectivity index (χ1) is 9.10. The largest absolute Gasteiger partial charge is 0.501 e. The molecule has 0 spiro atoms. The minimum atomic E-state index is -1.06. The standard InChI is InChI=1S/C15H18O4/c1-11(18-2)14(15(17)19-3)13(16)10-9-12-7-5-4-6-8-12/h4-10,13-14,16H,1H2,2-3H3/b10-9+/t13-,14-/m0/s1. The molecule has 1 aromatic carbocycles. The van der Waals surface area contributed by atoms with Gasteiger partial charge in [-0.1, -0.05) is 49.1 Å². The minimum Gasteiger partial charge on any atom is -0.501 e. The van der Waals surface area contributed by atoms with E-state index < -0.39 is 18.0 Å². The van der Waals surface area contributed by atoms with E-state index in [0.717, 1.165) is 5.56 Å². The SMILES string of the molecule is C=C(OC)[C@H](C(=O)OC)[C@@H](O)/C=C/c1ccccc1. The van der Waals surface area contributed by atoms with Crippen LogP contribution in [0, 0.1) is 5.92 Å². The second kappa shape index (κ2) is 7.38. The van der Waals surface area contributed by atoms with Gasteiger partial charge in [0.05, 0.1) is 20.3 Å². The van der Waals surface area contributed by atoms with Crippen LogP contribution < -0.4 is 0 Å². The highest BCUT2D eigenvalue weighted by atomic mass is 16.5. The maximum Gasteiger partial charge on any atom is 0.319 e. The first-order valence-corrected chi connectivity index (χ1v) is 5.82. The van der Waals surface area contributed by atoms with Gasteiger partial charge in [0.15, 0.2) is 0 Å². The summed E-state index contributed by atoms with van der Waals surface area (Å²) in [6, 6.07) is 9.46. The van der Waals surface area contributed by atoms with E-state index in [1.54, 1.807) is 6.08 Å². The Kier molecular flexibility index (Phi) is 5.82. The van der Waals surface area contributed by atoms with E-state index in [2.05, 4.69) is 11.3 Å². The second-order valence-corrected chi connectivity index (χ2v) is 3.93. The van der Waals surface area contributed by atoms with Gasteiger partial charge in [-0.2, -0.15) is 0 Å². The number of carbonyl (C=O) groups is 1. The van der Waals surface area contributed by atoms with Crippen molar-refractivity contribution < 1.29 is 19.4 Å². The molecule has 0 aromatic heterocycles. The van der Waals surface area contributed by atoms with E-state index in [1.165, 1.54) is 20.3 Å². The van der Waals surface area contributed by atoms with E-state index in [9.17, 15) is 9.90 Å². The normalized spacial score (nSPS) is 13.8. The van der Waals surface area contributed by atoms with E-state index >= 15 is 0 Å². The van der Waals surface area contributed by atoms with Crippen LogP contribution in [-0.2, 0) is 14.3 Å². The van der Waals surface area contributed by atoms with Gasteiger partial charge in [-0.05, 0) is 5.56 Å². The Labute approximate surface area is 113 Å². The third-order valence-electron chi connectivity index (χ3n) is 2.69. The van der Waals surface area contributed by atoms with Crippen LogP contribution in [-0.4, -0.2) is 31.4 Å². The molecule has 0 fully saturated rings. The summed E-state index contributed by atoms with van der Waals surface area (Å²) >= 11 is 0. The molecule has 1 rings (SSSR count). The van der Waals surface area contributed by atoms with Crippen LogP contribution in [0.5, 0.6) is 0 Å². The Balaban J connectivity index is 2.83. The van der Waals surface area contributed by atoms with E-state index in [-0.39, 0.29) is 5.76 Å². The lowest BCUT2D eigenvalue weighted by Crippen LogP contribution is -2.30. The molecule has 0 saturated carbocycles. The highest BCUT2D eigenvalue weighted by Crippen LogP contribution is 2.18. The molecular weight excluding hydrogens is 244 g/mol. The van der Waals surface area contributed by atoms with Crippen LogP contribution in [0.1, 0.15) is 5.56 Å². The fraction of sp³-hybridized carbons (Fsp3) is 0.267. The summed E-state index contributed by atoms with van der Waals surface area (Å²) in [5.41, 5.74) is 0.924. The van der Waals surface area contributed by atoms with Crippen molar-refractivity contribution in [3.05, 3.63) is 54.3 Å². The lowest BCUT2D eigenvalue weighted by molar-refractivity contribution is -0.148. The minimum absolute atomic E-state index is 0.164. The molecule has 0 aliphatic heterocycles. The van der Waals surface area contributed by atoms with Crippen molar-refractivity contribution >= 4 is 12.0 Å². The number of esters is 1. The van der Waals surface area contributed by atoms with Crippen molar-refractivity contribution in [2.24, 2.45) is 5.92 Å². The lowest BCUT2D eigenvalue weighted by atomic mass is 9.99. The predicted octanol–water partition coefficient (Wildman–Crippen LogP) is 2.01. The molecule has 4 nitrogen and oxygen atoms in total. The van der Waals surface area contributed by atoms with Crippen molar-refractivity contribution in [1.29, 1.82) is 0 Å². The number of hydrogen-bond acceptors (Lipinski definition) is 4. The van der Waals surface area contributed by atoms with Crippen molar-refractivity contribution in [3.63, 3.8) is 0 Å². The third kappa shape index (κ3) is 4.26. The highest BCUT2D eigenvalue weighted by Gasteiger charge is 2.29. The van der Waals surface area contributed by atoms with Gasteiger partial charge in [0, 0.05) is 0 Å². The van der Waals surface area contributed by atoms with Crippen molar-refractivity contribution in [2.75, 3.05) is 14.2 Å². The molecule has 0 heterocycles. The first-order valence-electron chi connectivity index (χ1n) is 5.82. The number of hydrogen-bond donors (Lipinski definition) is 1. The van der Waals surface area contributed by atoms with Crippen LogP contribution in [0.15, 0.2) is 48.7 Å². The van der Waals surface area contributed by atoms with Gasteiger partial charge >= 0.3 is 5.97 Å². The maximum atomic E-state index is 11.6. The van der Waals surface area contributed by atoms with Crippen molar-refractivity contribution in [3.8, 4) is 0 Å². The fourth-order valence-electron chi connectivity index (χ4n) is 1.60. The molecule has 1 aromatic rings. The molecule has 1 N–H and O–H groups in total. The number of ether oxygens (including phenoxy) is 2. The molecule has 0 radical (unpaired) electrons. The molecular formula is C15H18O4. The number of methoxy groups -OCH3 is 2. The summed E-state index contributed by atoms with van der Waals surface area (Å²) in [5.74, 6) is -1.36. The summed E-state index contributed by atoms with van der Waals surface area (Å²) < 4.78 is 9.55. The van der Waals surface area contributed by atoms with E-state index in [0.29, 0.717) is 0 Å². The molecule has 102 valence electrons. The molecule has 2 atom stereocenters. The molecule has 4 heteroatoms. The van der Waals surface area contributed by atoms with E-state index in [4.69, 9.17) is 4.74 Å². The predicted molar refractivity (Wildman–Crippen MR) is 73.1 cm³/mol. The Morgan fingerprint density at radius 3 is 2.42 bits per heavy atom. The summed E-state index contributed by atoms with van der Waals surface area (Å²) in [6.45, 7) is 3.60. The Bertz CT molecular complexity index is 434. The molecule has 0 unspecified atom stereocenters. The van der Waals surface area contributed by atoms with Gasteiger partial charge in [-0.3, -0.25) is 4.79 Å². The zero-order valence-electron chi connectivity index (χ0n) is 11.1. The highest BCUT2D eigenvalue weighted by molar-refractivity contribution is 5.76. The van der Waals surface area contributed by atoms with Crippen molar-refractivity contribution in [1.82, 2.24) is 0 Å². The molecule has 0 aliphatic carbocycles. The number of carbonyl (C=O) groups excluding carboxylic acids is 1. The zero-order chi connectivity index (χ0) is 14.3. The van der Waals surface area contributed by atoms with Crippen LogP contribution in [0.4, 0.5) is 0 Å². The summed E-state index contributed by atoms with van der Waals surface area (Å²) in [4.78, 5) is 11.6. The molecule has 0 bridgehead atoms. The van der Waals surface area contributed by atoms with Crippen LogP contribution in [0.25, 0.3) is 6.08 Å². The Morgan fingerprint density at radius 1 is 1.26 bits per heavy atom. The molecule has 19 heavy (non-hydrogen) atoms. The number of aliphatic hydroxyl groups is 1. The summed E-state index contributed by atoms with van der Waals surface area (Å²) in [6.07, 6.45) is 2.19. The number of aliphatic hydroxyl groups excluding tert-OH is 1. The van der Waals surface area contributed by atoms with Gasteiger partial charge in [-0.25, -0.2) is 0 Å². The average molecular weight is 262 g/mol. The Hall–Kier alpha value is -2.07. The molecule has 0 aliphatic rings. The summed E-state index contributed by atoms with van der Waals surface area (Å²) in [7, 11) is 2.65. The maximum absolute atomic E-state index is 11.6. The smallest absolute Gasteiger partial charge is 0.319 e. The number of rotatable bonds is 6. The van der Waals surface area contributed by atoms with Crippen LogP contribution in [0.3, 0.4) is 0 Å². The average Bonchev–Trinajstić information content (AvgIpc) is 2.45. The first kappa shape index (κ1) is 15.0. The monoisotopic (exact) mass is 262 g/mol.